The number of aryl methyl sites for hydroxylation is 1. The summed E-state index contributed by atoms with van der Waals surface area (Å²) >= 11 is 0. The Balaban J connectivity index is 2.32. The second-order valence-corrected chi connectivity index (χ2v) is 4.89. The maximum atomic E-state index is 11.9. The van der Waals surface area contributed by atoms with Gasteiger partial charge in [-0.25, -0.2) is 0 Å². The molecule has 0 saturated heterocycles. The summed E-state index contributed by atoms with van der Waals surface area (Å²) in [5, 5.41) is 8.18. The van der Waals surface area contributed by atoms with Gasteiger partial charge in [-0.2, -0.15) is 0 Å². The van der Waals surface area contributed by atoms with Crippen molar-refractivity contribution in [3.8, 4) is 5.88 Å². The Morgan fingerprint density at radius 2 is 2.20 bits per heavy atom. The van der Waals surface area contributed by atoms with Crippen LogP contribution in [0.4, 0.5) is 5.69 Å². The van der Waals surface area contributed by atoms with Crippen LogP contribution >= 0.6 is 0 Å². The van der Waals surface area contributed by atoms with E-state index in [4.69, 9.17) is 4.74 Å². The fourth-order valence-corrected chi connectivity index (χ4v) is 2.01. The molecule has 108 valence electrons. The van der Waals surface area contributed by atoms with Gasteiger partial charge < -0.3 is 10.1 Å². The number of nitrogens with one attached hydrogen (secondary N) is 1. The Bertz CT molecular complexity index is 619. The quantitative estimate of drug-likeness (QED) is 0.912. The Morgan fingerprint density at radius 3 is 2.85 bits per heavy atom. The summed E-state index contributed by atoms with van der Waals surface area (Å²) in [7, 11) is 1.88. The molecule has 0 unspecified atom stereocenters. The molecule has 1 N–H and O–H groups in total. The van der Waals surface area contributed by atoms with E-state index in [0.29, 0.717) is 12.5 Å². The lowest BCUT2D eigenvalue weighted by Gasteiger charge is -2.10. The molecule has 0 bridgehead atoms. The van der Waals surface area contributed by atoms with Crippen LogP contribution < -0.4 is 10.1 Å². The summed E-state index contributed by atoms with van der Waals surface area (Å²) < 4.78 is 7.30. The number of benzene rings is 1. The van der Waals surface area contributed by atoms with Gasteiger partial charge in [0.2, 0.25) is 11.8 Å². The molecule has 1 atom stereocenters. The van der Waals surface area contributed by atoms with Crippen molar-refractivity contribution >= 4 is 22.5 Å². The molecule has 0 fully saturated rings. The molecule has 5 nitrogen and oxygen atoms in total. The highest BCUT2D eigenvalue weighted by atomic mass is 16.5. The summed E-state index contributed by atoms with van der Waals surface area (Å²) in [5.41, 5.74) is 1.76. The molecule has 0 aliphatic rings. The van der Waals surface area contributed by atoms with Crippen molar-refractivity contribution in [1.82, 2.24) is 9.78 Å². The van der Waals surface area contributed by atoms with Crippen LogP contribution in [0.1, 0.15) is 27.2 Å². The van der Waals surface area contributed by atoms with Gasteiger partial charge in [-0.15, -0.1) is 5.10 Å². The third-order valence-electron chi connectivity index (χ3n) is 3.42. The summed E-state index contributed by atoms with van der Waals surface area (Å²) in [5.74, 6) is 0.643. The largest absolute Gasteiger partial charge is 0.476 e. The topological polar surface area (TPSA) is 56.1 Å². The van der Waals surface area contributed by atoms with Crippen LogP contribution in [-0.4, -0.2) is 22.3 Å². The van der Waals surface area contributed by atoms with E-state index >= 15 is 0 Å². The van der Waals surface area contributed by atoms with Crippen molar-refractivity contribution < 1.29 is 9.53 Å². The summed E-state index contributed by atoms with van der Waals surface area (Å²) in [6.07, 6.45) is 0.825. The normalized spacial score (nSPS) is 12.4. The van der Waals surface area contributed by atoms with E-state index in [9.17, 15) is 4.79 Å². The Labute approximate surface area is 118 Å². The zero-order chi connectivity index (χ0) is 14.7. The van der Waals surface area contributed by atoms with Crippen LogP contribution in [0.2, 0.25) is 0 Å². The molecule has 1 amide bonds. The van der Waals surface area contributed by atoms with Crippen LogP contribution in [0.3, 0.4) is 0 Å². The number of carbonyl (C=O) groups excluding carboxylic acids is 1. The number of rotatable bonds is 5. The van der Waals surface area contributed by atoms with Gasteiger partial charge >= 0.3 is 0 Å². The van der Waals surface area contributed by atoms with Crippen LogP contribution in [0.5, 0.6) is 5.88 Å². The predicted octanol–water partition coefficient (Wildman–Crippen LogP) is 2.96. The number of ether oxygens (including phenoxy) is 1. The predicted molar refractivity (Wildman–Crippen MR) is 80.0 cm³/mol. The van der Waals surface area contributed by atoms with Gasteiger partial charge in [0.1, 0.15) is 0 Å². The van der Waals surface area contributed by atoms with E-state index < -0.39 is 0 Å². The van der Waals surface area contributed by atoms with Crippen molar-refractivity contribution in [2.24, 2.45) is 13.0 Å². The lowest BCUT2D eigenvalue weighted by atomic mass is 10.1. The van der Waals surface area contributed by atoms with E-state index in [2.05, 4.69) is 10.4 Å². The van der Waals surface area contributed by atoms with E-state index in [1.54, 1.807) is 4.68 Å². The maximum absolute atomic E-state index is 11.9. The SMILES string of the molecule is CCOc1nn(C)c2ccc(NC(=O)[C@H](C)CC)cc12. The molecule has 0 saturated carbocycles. The number of hydrogen-bond donors (Lipinski definition) is 1. The highest BCUT2D eigenvalue weighted by Gasteiger charge is 2.13. The zero-order valence-corrected chi connectivity index (χ0v) is 12.4. The molecule has 0 aliphatic heterocycles. The number of carbonyl (C=O) groups is 1. The van der Waals surface area contributed by atoms with E-state index in [1.165, 1.54) is 0 Å². The van der Waals surface area contributed by atoms with Crippen molar-refractivity contribution in [3.63, 3.8) is 0 Å². The second kappa shape index (κ2) is 5.94. The van der Waals surface area contributed by atoms with E-state index in [-0.39, 0.29) is 11.8 Å². The zero-order valence-electron chi connectivity index (χ0n) is 12.4. The lowest BCUT2D eigenvalue weighted by Crippen LogP contribution is -2.19. The fourth-order valence-electron chi connectivity index (χ4n) is 2.01. The first-order valence-electron chi connectivity index (χ1n) is 6.97. The number of fused-ring (bicyclic) bond motifs is 1. The summed E-state index contributed by atoms with van der Waals surface area (Å²) in [6, 6.07) is 5.74. The number of anilines is 1. The number of amides is 1. The first kappa shape index (κ1) is 14.4. The Morgan fingerprint density at radius 1 is 1.45 bits per heavy atom. The van der Waals surface area contributed by atoms with Crippen molar-refractivity contribution in [1.29, 1.82) is 0 Å². The van der Waals surface area contributed by atoms with Crippen LogP contribution in [0, 0.1) is 5.92 Å². The minimum Gasteiger partial charge on any atom is -0.476 e. The lowest BCUT2D eigenvalue weighted by molar-refractivity contribution is -0.119. The second-order valence-electron chi connectivity index (χ2n) is 4.89. The molecule has 0 aliphatic carbocycles. The van der Waals surface area contributed by atoms with Gasteiger partial charge in [0.05, 0.1) is 17.5 Å². The molecule has 1 aromatic heterocycles. The van der Waals surface area contributed by atoms with Crippen molar-refractivity contribution in [2.45, 2.75) is 27.2 Å². The van der Waals surface area contributed by atoms with Crippen LogP contribution in [0.25, 0.3) is 10.9 Å². The van der Waals surface area contributed by atoms with Crippen molar-refractivity contribution in [2.75, 3.05) is 11.9 Å². The molecule has 0 radical (unpaired) electrons. The smallest absolute Gasteiger partial charge is 0.240 e. The number of aromatic nitrogens is 2. The fraction of sp³-hybridized carbons (Fsp3) is 0.467. The van der Waals surface area contributed by atoms with Crippen LogP contribution in [0.15, 0.2) is 18.2 Å². The minimum atomic E-state index is 0.00552. The Hall–Kier alpha value is -2.04. The van der Waals surface area contributed by atoms with Crippen molar-refractivity contribution in [3.05, 3.63) is 18.2 Å². The van der Waals surface area contributed by atoms with Gasteiger partial charge in [-0.05, 0) is 31.5 Å². The molecule has 1 aromatic carbocycles. The minimum absolute atomic E-state index is 0.00552. The van der Waals surface area contributed by atoms with Gasteiger partial charge in [0, 0.05) is 18.7 Å². The standard InChI is InChI=1S/C15H21N3O2/c1-5-10(3)14(19)16-11-7-8-13-12(9-11)15(20-6-2)17-18(13)4/h7-10H,5-6H2,1-4H3,(H,16,19)/t10-/m1/s1. The monoisotopic (exact) mass is 275 g/mol. The van der Waals surface area contributed by atoms with Gasteiger partial charge in [0.15, 0.2) is 0 Å². The molecular weight excluding hydrogens is 254 g/mol. The molecule has 0 spiro atoms. The summed E-state index contributed by atoms with van der Waals surface area (Å²) in [4.78, 5) is 11.9. The van der Waals surface area contributed by atoms with Gasteiger partial charge in [-0.3, -0.25) is 9.48 Å². The van der Waals surface area contributed by atoms with Crippen LogP contribution in [-0.2, 0) is 11.8 Å². The highest BCUT2D eigenvalue weighted by molar-refractivity contribution is 5.96. The Kier molecular flexibility index (Phi) is 4.27. The first-order chi connectivity index (χ1) is 9.56. The highest BCUT2D eigenvalue weighted by Crippen LogP contribution is 2.27. The van der Waals surface area contributed by atoms with E-state index in [1.807, 2.05) is 46.0 Å². The molecule has 2 rings (SSSR count). The third kappa shape index (κ3) is 2.76. The average Bonchev–Trinajstić information content (AvgIpc) is 2.74. The molecular formula is C15H21N3O2. The summed E-state index contributed by atoms with van der Waals surface area (Å²) in [6.45, 7) is 6.41. The number of hydrogen-bond acceptors (Lipinski definition) is 3. The first-order valence-corrected chi connectivity index (χ1v) is 6.97. The molecule has 5 heteroatoms. The molecule has 2 aromatic rings. The maximum Gasteiger partial charge on any atom is 0.240 e. The van der Waals surface area contributed by atoms with Gasteiger partial charge in [0.25, 0.3) is 0 Å². The van der Waals surface area contributed by atoms with Gasteiger partial charge in [-0.1, -0.05) is 13.8 Å². The number of nitrogens with zero attached hydrogens (tertiary/aromatic N) is 2. The molecule has 20 heavy (non-hydrogen) atoms. The van der Waals surface area contributed by atoms with E-state index in [0.717, 1.165) is 23.0 Å². The molecule has 1 heterocycles. The average molecular weight is 275 g/mol. The third-order valence-corrected chi connectivity index (χ3v) is 3.42.